The second-order valence-corrected chi connectivity index (χ2v) is 5.33. The lowest BCUT2D eigenvalue weighted by Gasteiger charge is -2.28. The molecule has 98 valence electrons. The van der Waals surface area contributed by atoms with Gasteiger partial charge < -0.3 is 0 Å². The molecule has 1 heterocycles. The Morgan fingerprint density at radius 1 is 1.00 bits per heavy atom. The fourth-order valence-electron chi connectivity index (χ4n) is 3.25. The number of carbonyl (C=O) groups excluding carboxylic acids is 2. The second-order valence-electron chi connectivity index (χ2n) is 5.33. The smallest absolute Gasteiger partial charge is 0.253 e. The van der Waals surface area contributed by atoms with Gasteiger partial charge in [-0.1, -0.05) is 36.8 Å². The van der Waals surface area contributed by atoms with Crippen LogP contribution in [0.3, 0.4) is 0 Å². The van der Waals surface area contributed by atoms with Crippen molar-refractivity contribution in [2.45, 2.75) is 31.7 Å². The number of hydrogen-bond donors (Lipinski definition) is 0. The van der Waals surface area contributed by atoms with Crippen molar-refractivity contribution in [1.82, 2.24) is 4.90 Å². The van der Waals surface area contributed by atoms with Crippen LogP contribution in [0.4, 0.5) is 0 Å². The summed E-state index contributed by atoms with van der Waals surface area (Å²) in [5, 5.41) is 0. The molecular formula is C16H17NO2. The highest BCUT2D eigenvalue weighted by molar-refractivity contribution is 6.13. The monoisotopic (exact) mass is 255 g/mol. The van der Waals surface area contributed by atoms with E-state index in [1.807, 2.05) is 18.2 Å². The lowest BCUT2D eigenvalue weighted by molar-refractivity contribution is -0.140. The minimum atomic E-state index is -0.144. The number of hydrogen-bond acceptors (Lipinski definition) is 2. The van der Waals surface area contributed by atoms with Gasteiger partial charge in [0.25, 0.3) is 11.8 Å². The number of nitrogens with zero attached hydrogens (tertiary/aromatic N) is 1. The zero-order valence-corrected chi connectivity index (χ0v) is 10.8. The maximum atomic E-state index is 11.8. The number of rotatable bonds is 3. The lowest BCUT2D eigenvalue weighted by Crippen LogP contribution is -2.42. The zero-order valence-electron chi connectivity index (χ0n) is 10.8. The molecule has 0 radical (unpaired) electrons. The van der Waals surface area contributed by atoms with E-state index in [1.54, 1.807) is 0 Å². The Bertz CT molecular complexity index is 503. The summed E-state index contributed by atoms with van der Waals surface area (Å²) in [6, 6.07) is 10.4. The van der Waals surface area contributed by atoms with E-state index >= 15 is 0 Å². The van der Waals surface area contributed by atoms with Gasteiger partial charge in [-0.3, -0.25) is 14.5 Å². The Balaban J connectivity index is 1.75. The fourth-order valence-corrected chi connectivity index (χ4v) is 3.25. The molecule has 2 atom stereocenters. The minimum absolute atomic E-state index is 0.0789. The molecule has 1 saturated carbocycles. The van der Waals surface area contributed by atoms with Crippen LogP contribution < -0.4 is 0 Å². The molecular weight excluding hydrogens is 238 g/mol. The largest absolute Gasteiger partial charge is 0.272 e. The summed E-state index contributed by atoms with van der Waals surface area (Å²) in [5.74, 6) is 0.111. The van der Waals surface area contributed by atoms with Crippen LogP contribution in [-0.4, -0.2) is 22.8 Å². The van der Waals surface area contributed by atoms with Gasteiger partial charge in [-0.05, 0) is 30.7 Å². The van der Waals surface area contributed by atoms with Crippen LogP contribution in [0, 0.1) is 5.92 Å². The maximum Gasteiger partial charge on any atom is 0.253 e. The first-order chi connectivity index (χ1) is 9.25. The third kappa shape index (κ3) is 2.33. The molecule has 1 aromatic rings. The Morgan fingerprint density at radius 2 is 1.68 bits per heavy atom. The number of benzene rings is 1. The van der Waals surface area contributed by atoms with Gasteiger partial charge in [-0.25, -0.2) is 0 Å². The summed E-state index contributed by atoms with van der Waals surface area (Å²) in [6.07, 6.45) is 6.86. The molecule has 3 nitrogen and oxygen atoms in total. The third-order valence-electron chi connectivity index (χ3n) is 4.13. The van der Waals surface area contributed by atoms with Crippen molar-refractivity contribution in [1.29, 1.82) is 0 Å². The molecule has 1 aliphatic heterocycles. The Kier molecular flexibility index (Phi) is 3.20. The molecule has 0 N–H and O–H groups in total. The van der Waals surface area contributed by atoms with Crippen molar-refractivity contribution < 1.29 is 9.59 Å². The standard InChI is InChI=1S/C16H17NO2/c18-15-9-10-16(19)17(15)14-8-4-7-13(14)11-12-5-2-1-3-6-12/h1-3,5-6,9-10,13-14H,4,7-8,11H2/t13-,14-/m0/s1. The average Bonchev–Trinajstić information content (AvgIpc) is 2.98. The summed E-state index contributed by atoms with van der Waals surface area (Å²) in [5.41, 5.74) is 1.28. The first kappa shape index (κ1) is 12.2. The van der Waals surface area contributed by atoms with Gasteiger partial charge in [-0.2, -0.15) is 0 Å². The minimum Gasteiger partial charge on any atom is -0.272 e. The van der Waals surface area contributed by atoms with Gasteiger partial charge in [-0.15, -0.1) is 0 Å². The zero-order chi connectivity index (χ0) is 13.2. The van der Waals surface area contributed by atoms with E-state index in [2.05, 4.69) is 12.1 Å². The predicted octanol–water partition coefficient (Wildman–Crippen LogP) is 2.32. The van der Waals surface area contributed by atoms with Crippen LogP contribution in [-0.2, 0) is 16.0 Å². The molecule has 0 aromatic heterocycles. The van der Waals surface area contributed by atoms with Crippen LogP contribution in [0.5, 0.6) is 0 Å². The highest BCUT2D eigenvalue weighted by Crippen LogP contribution is 2.34. The van der Waals surface area contributed by atoms with Crippen LogP contribution in [0.1, 0.15) is 24.8 Å². The summed E-state index contributed by atoms with van der Waals surface area (Å²) in [7, 11) is 0. The van der Waals surface area contributed by atoms with E-state index in [0.717, 1.165) is 25.7 Å². The number of amides is 2. The fraction of sp³-hybridized carbons (Fsp3) is 0.375. The van der Waals surface area contributed by atoms with Crippen molar-refractivity contribution in [3.05, 3.63) is 48.0 Å². The highest BCUT2D eigenvalue weighted by Gasteiger charge is 2.38. The first-order valence-corrected chi connectivity index (χ1v) is 6.85. The molecule has 0 bridgehead atoms. The highest BCUT2D eigenvalue weighted by atomic mass is 16.2. The topological polar surface area (TPSA) is 37.4 Å². The summed E-state index contributed by atoms with van der Waals surface area (Å²) in [6.45, 7) is 0. The van der Waals surface area contributed by atoms with E-state index in [9.17, 15) is 9.59 Å². The number of imide groups is 1. The van der Waals surface area contributed by atoms with Crippen molar-refractivity contribution in [3.8, 4) is 0 Å². The van der Waals surface area contributed by atoms with Crippen LogP contribution in [0.25, 0.3) is 0 Å². The molecule has 1 aliphatic carbocycles. The Morgan fingerprint density at radius 3 is 2.37 bits per heavy atom. The van der Waals surface area contributed by atoms with Crippen LogP contribution >= 0.6 is 0 Å². The van der Waals surface area contributed by atoms with Gasteiger partial charge in [0, 0.05) is 18.2 Å². The maximum absolute atomic E-state index is 11.8. The normalized spacial score (nSPS) is 26.4. The molecule has 1 fully saturated rings. The van der Waals surface area contributed by atoms with Gasteiger partial charge in [0.05, 0.1) is 0 Å². The van der Waals surface area contributed by atoms with E-state index in [-0.39, 0.29) is 17.9 Å². The van der Waals surface area contributed by atoms with Crippen molar-refractivity contribution in [3.63, 3.8) is 0 Å². The molecule has 3 heteroatoms. The van der Waals surface area contributed by atoms with E-state index in [4.69, 9.17) is 0 Å². The molecule has 3 rings (SSSR count). The lowest BCUT2D eigenvalue weighted by atomic mass is 9.94. The number of carbonyl (C=O) groups is 2. The van der Waals surface area contributed by atoms with Gasteiger partial charge in [0.2, 0.25) is 0 Å². The molecule has 0 saturated heterocycles. The van der Waals surface area contributed by atoms with Crippen molar-refractivity contribution in [2.24, 2.45) is 5.92 Å². The molecule has 0 spiro atoms. The summed E-state index contributed by atoms with van der Waals surface area (Å²) in [4.78, 5) is 25.0. The van der Waals surface area contributed by atoms with Crippen LogP contribution in [0.15, 0.2) is 42.5 Å². The molecule has 1 aromatic carbocycles. The van der Waals surface area contributed by atoms with E-state index in [0.29, 0.717) is 5.92 Å². The van der Waals surface area contributed by atoms with Crippen molar-refractivity contribution >= 4 is 11.8 Å². The van der Waals surface area contributed by atoms with Crippen molar-refractivity contribution in [2.75, 3.05) is 0 Å². The Labute approximate surface area is 112 Å². The van der Waals surface area contributed by atoms with Crippen LogP contribution in [0.2, 0.25) is 0 Å². The third-order valence-corrected chi connectivity index (χ3v) is 4.13. The Hall–Kier alpha value is -1.90. The predicted molar refractivity (Wildman–Crippen MR) is 72.3 cm³/mol. The molecule has 2 aliphatic rings. The van der Waals surface area contributed by atoms with E-state index in [1.165, 1.54) is 22.6 Å². The van der Waals surface area contributed by atoms with E-state index < -0.39 is 0 Å². The van der Waals surface area contributed by atoms with Gasteiger partial charge in [0.1, 0.15) is 0 Å². The van der Waals surface area contributed by atoms with Gasteiger partial charge in [0.15, 0.2) is 0 Å². The first-order valence-electron chi connectivity index (χ1n) is 6.85. The van der Waals surface area contributed by atoms with Gasteiger partial charge >= 0.3 is 0 Å². The molecule has 2 amide bonds. The average molecular weight is 255 g/mol. The summed E-state index contributed by atoms with van der Waals surface area (Å²) >= 11 is 0. The molecule has 19 heavy (non-hydrogen) atoms. The SMILES string of the molecule is O=C1C=CC(=O)N1[C@H]1CCC[C@H]1Cc1ccccc1. The quantitative estimate of drug-likeness (QED) is 0.777. The second kappa shape index (κ2) is 5.00. The molecule has 0 unspecified atom stereocenters. The summed E-state index contributed by atoms with van der Waals surface area (Å²) < 4.78 is 0.